The number of carbonyl (C=O) groups excluding carboxylic acids is 1. The summed E-state index contributed by atoms with van der Waals surface area (Å²) in [7, 11) is 0. The standard InChI is InChI=1S/C7H6BrFOS/c1-7(9,4-10)5-2-3-6(8)11-5/h2-4H,1H3. The van der Waals surface area contributed by atoms with Gasteiger partial charge in [-0.25, -0.2) is 4.39 Å². The molecule has 0 spiro atoms. The lowest BCUT2D eigenvalue weighted by molar-refractivity contribution is -0.117. The Labute approximate surface area is 76.4 Å². The van der Waals surface area contributed by atoms with Gasteiger partial charge in [-0.05, 0) is 35.0 Å². The first-order valence-corrected chi connectivity index (χ1v) is 4.58. The Morgan fingerprint density at radius 1 is 1.73 bits per heavy atom. The summed E-state index contributed by atoms with van der Waals surface area (Å²) in [5.74, 6) is 0. The molecule has 0 amide bonds. The van der Waals surface area contributed by atoms with Gasteiger partial charge in [0.25, 0.3) is 0 Å². The summed E-state index contributed by atoms with van der Waals surface area (Å²) in [4.78, 5) is 10.7. The van der Waals surface area contributed by atoms with Crippen LogP contribution in [-0.4, -0.2) is 6.29 Å². The van der Waals surface area contributed by atoms with Crippen LogP contribution in [-0.2, 0) is 10.5 Å². The number of aldehydes is 1. The highest BCUT2D eigenvalue weighted by molar-refractivity contribution is 9.11. The Hall–Kier alpha value is -0.220. The molecule has 0 aliphatic carbocycles. The van der Waals surface area contributed by atoms with E-state index < -0.39 is 5.67 Å². The summed E-state index contributed by atoms with van der Waals surface area (Å²) >= 11 is 4.42. The second-order valence-electron chi connectivity index (χ2n) is 2.30. The predicted octanol–water partition coefficient (Wildman–Crippen LogP) is 2.89. The Morgan fingerprint density at radius 3 is 2.73 bits per heavy atom. The highest BCUT2D eigenvalue weighted by Crippen LogP contribution is 2.32. The van der Waals surface area contributed by atoms with Crippen LogP contribution >= 0.6 is 27.3 Å². The molecule has 1 atom stereocenters. The Balaban J connectivity index is 3.01. The van der Waals surface area contributed by atoms with Gasteiger partial charge in [0.15, 0.2) is 12.0 Å². The molecule has 11 heavy (non-hydrogen) atoms. The topological polar surface area (TPSA) is 17.1 Å². The second-order valence-corrected chi connectivity index (χ2v) is 4.76. The zero-order chi connectivity index (χ0) is 8.48. The van der Waals surface area contributed by atoms with Crippen molar-refractivity contribution in [1.82, 2.24) is 0 Å². The monoisotopic (exact) mass is 236 g/mol. The fourth-order valence-corrected chi connectivity index (χ4v) is 2.02. The zero-order valence-corrected chi connectivity index (χ0v) is 8.21. The fraction of sp³-hybridized carbons (Fsp3) is 0.286. The highest BCUT2D eigenvalue weighted by Gasteiger charge is 2.26. The normalized spacial score (nSPS) is 15.9. The van der Waals surface area contributed by atoms with Crippen LogP contribution in [0, 0.1) is 0 Å². The van der Waals surface area contributed by atoms with Crippen molar-refractivity contribution in [3.8, 4) is 0 Å². The first-order chi connectivity index (χ1) is 5.06. The van der Waals surface area contributed by atoms with E-state index in [1.54, 1.807) is 12.1 Å². The van der Waals surface area contributed by atoms with Crippen molar-refractivity contribution in [2.45, 2.75) is 12.6 Å². The average Bonchev–Trinajstić information content (AvgIpc) is 2.36. The van der Waals surface area contributed by atoms with E-state index in [2.05, 4.69) is 15.9 Å². The molecule has 0 bridgehead atoms. The van der Waals surface area contributed by atoms with Crippen molar-refractivity contribution < 1.29 is 9.18 Å². The van der Waals surface area contributed by atoms with E-state index in [9.17, 15) is 9.18 Å². The third-order valence-electron chi connectivity index (χ3n) is 1.28. The van der Waals surface area contributed by atoms with Gasteiger partial charge in [0.1, 0.15) is 0 Å². The van der Waals surface area contributed by atoms with Crippen LogP contribution in [0.15, 0.2) is 15.9 Å². The van der Waals surface area contributed by atoms with Crippen LogP contribution < -0.4 is 0 Å². The molecule has 1 aromatic rings. The first-order valence-electron chi connectivity index (χ1n) is 2.97. The molecular formula is C7H6BrFOS. The van der Waals surface area contributed by atoms with Crippen molar-refractivity contribution in [3.63, 3.8) is 0 Å². The third-order valence-corrected chi connectivity index (χ3v) is 3.11. The van der Waals surface area contributed by atoms with Gasteiger partial charge in [-0.1, -0.05) is 0 Å². The van der Waals surface area contributed by atoms with E-state index in [1.165, 1.54) is 18.3 Å². The quantitative estimate of drug-likeness (QED) is 0.723. The van der Waals surface area contributed by atoms with Crippen molar-refractivity contribution in [1.29, 1.82) is 0 Å². The first kappa shape index (κ1) is 8.87. The summed E-state index contributed by atoms with van der Waals surface area (Å²) in [6.45, 7) is 1.25. The van der Waals surface area contributed by atoms with Crippen LogP contribution in [0.3, 0.4) is 0 Å². The van der Waals surface area contributed by atoms with E-state index in [0.29, 0.717) is 11.2 Å². The number of hydrogen-bond donors (Lipinski definition) is 0. The predicted molar refractivity (Wildman–Crippen MR) is 46.5 cm³/mol. The Kier molecular flexibility index (Phi) is 2.44. The largest absolute Gasteiger partial charge is 0.299 e. The molecule has 0 radical (unpaired) electrons. The molecule has 1 nitrogen and oxygen atoms in total. The third kappa shape index (κ3) is 1.87. The summed E-state index contributed by atoms with van der Waals surface area (Å²) in [6, 6.07) is 3.32. The molecule has 1 aromatic heterocycles. The minimum atomic E-state index is -1.84. The fourth-order valence-electron chi connectivity index (χ4n) is 0.635. The van der Waals surface area contributed by atoms with Crippen molar-refractivity contribution in [2.24, 2.45) is 0 Å². The van der Waals surface area contributed by atoms with E-state index in [0.717, 1.165) is 3.79 Å². The average molecular weight is 237 g/mol. The molecular weight excluding hydrogens is 231 g/mol. The van der Waals surface area contributed by atoms with Crippen LogP contribution in [0.1, 0.15) is 11.8 Å². The lowest BCUT2D eigenvalue weighted by Crippen LogP contribution is -2.14. The number of alkyl halides is 1. The van der Waals surface area contributed by atoms with Gasteiger partial charge in [-0.3, -0.25) is 4.79 Å². The molecule has 0 aliphatic rings. The van der Waals surface area contributed by atoms with Gasteiger partial charge >= 0.3 is 0 Å². The van der Waals surface area contributed by atoms with E-state index in [4.69, 9.17) is 0 Å². The lowest BCUT2D eigenvalue weighted by atomic mass is 10.1. The van der Waals surface area contributed by atoms with Gasteiger partial charge in [-0.2, -0.15) is 0 Å². The summed E-state index contributed by atoms with van der Waals surface area (Å²) in [5.41, 5.74) is -1.84. The molecule has 0 N–H and O–H groups in total. The summed E-state index contributed by atoms with van der Waals surface area (Å²) < 4.78 is 14.0. The molecule has 4 heteroatoms. The highest BCUT2D eigenvalue weighted by atomic mass is 79.9. The van der Waals surface area contributed by atoms with Gasteiger partial charge in [0, 0.05) is 4.88 Å². The maximum Gasteiger partial charge on any atom is 0.197 e. The minimum absolute atomic E-state index is 0.311. The van der Waals surface area contributed by atoms with Crippen LogP contribution in [0.4, 0.5) is 4.39 Å². The molecule has 0 saturated heterocycles. The van der Waals surface area contributed by atoms with Crippen molar-refractivity contribution in [3.05, 3.63) is 20.8 Å². The zero-order valence-electron chi connectivity index (χ0n) is 5.80. The van der Waals surface area contributed by atoms with E-state index in [-0.39, 0.29) is 0 Å². The second kappa shape index (κ2) is 3.03. The number of hydrogen-bond acceptors (Lipinski definition) is 2. The SMILES string of the molecule is CC(F)(C=O)c1ccc(Br)s1. The van der Waals surface area contributed by atoms with Crippen LogP contribution in [0.25, 0.3) is 0 Å². The number of halogens is 2. The smallest absolute Gasteiger partial charge is 0.197 e. The molecule has 0 aliphatic heterocycles. The van der Waals surface area contributed by atoms with E-state index >= 15 is 0 Å². The van der Waals surface area contributed by atoms with Crippen molar-refractivity contribution >= 4 is 33.6 Å². The number of thiophene rings is 1. The number of rotatable bonds is 2. The van der Waals surface area contributed by atoms with Gasteiger partial charge in [0.05, 0.1) is 3.79 Å². The molecule has 1 rings (SSSR count). The van der Waals surface area contributed by atoms with Gasteiger partial charge < -0.3 is 0 Å². The molecule has 1 unspecified atom stereocenters. The maximum atomic E-state index is 13.2. The Bertz CT molecular complexity index is 269. The van der Waals surface area contributed by atoms with Crippen molar-refractivity contribution in [2.75, 3.05) is 0 Å². The minimum Gasteiger partial charge on any atom is -0.299 e. The van der Waals surface area contributed by atoms with Crippen LogP contribution in [0.5, 0.6) is 0 Å². The molecule has 0 aromatic carbocycles. The number of carbonyl (C=O) groups is 1. The lowest BCUT2D eigenvalue weighted by Gasteiger charge is -2.08. The van der Waals surface area contributed by atoms with Gasteiger partial charge in [0.2, 0.25) is 0 Å². The maximum absolute atomic E-state index is 13.2. The molecule has 1 heterocycles. The molecule has 60 valence electrons. The summed E-state index contributed by atoms with van der Waals surface area (Å²) in [6.07, 6.45) is 0.311. The molecule has 0 fully saturated rings. The molecule has 0 saturated carbocycles. The summed E-state index contributed by atoms with van der Waals surface area (Å²) in [5, 5.41) is 0. The Morgan fingerprint density at radius 2 is 2.36 bits per heavy atom. The van der Waals surface area contributed by atoms with E-state index in [1.807, 2.05) is 0 Å². The van der Waals surface area contributed by atoms with Gasteiger partial charge in [-0.15, -0.1) is 11.3 Å². The van der Waals surface area contributed by atoms with Crippen LogP contribution in [0.2, 0.25) is 0 Å².